The number of rotatable bonds is 4. The largest absolute Gasteiger partial charge is 0.497 e. The van der Waals surface area contributed by atoms with Crippen LogP contribution < -0.4 is 4.74 Å². The minimum atomic E-state index is 0.109. The van der Waals surface area contributed by atoms with E-state index < -0.39 is 0 Å². The Labute approximate surface area is 171 Å². The molecule has 5 heteroatoms. The average Bonchev–Trinajstić information content (AvgIpc) is 2.99. The van der Waals surface area contributed by atoms with Crippen LogP contribution in [0, 0.1) is 6.92 Å². The molecule has 0 atom stereocenters. The number of amides is 1. The minimum Gasteiger partial charge on any atom is -0.497 e. The number of benzene rings is 2. The summed E-state index contributed by atoms with van der Waals surface area (Å²) in [6.45, 7) is 6.23. The third kappa shape index (κ3) is 4.40. The maximum absolute atomic E-state index is 13.3. The van der Waals surface area contributed by atoms with Crippen molar-refractivity contribution in [2.45, 2.75) is 19.9 Å². The Balaban J connectivity index is 1.46. The SMILES string of the molecule is COc1ccc(CN2CCCN(C(=O)c3cc(C)nc4ccccc34)CC2)cc1. The van der Waals surface area contributed by atoms with Gasteiger partial charge in [-0.15, -0.1) is 0 Å². The first kappa shape index (κ1) is 19.4. The third-order valence-corrected chi connectivity index (χ3v) is 5.52. The van der Waals surface area contributed by atoms with Gasteiger partial charge in [-0.25, -0.2) is 0 Å². The average molecular weight is 389 g/mol. The van der Waals surface area contributed by atoms with Crippen molar-refractivity contribution in [3.05, 3.63) is 71.4 Å². The highest BCUT2D eigenvalue weighted by Gasteiger charge is 2.22. The molecular weight excluding hydrogens is 362 g/mol. The number of hydrogen-bond acceptors (Lipinski definition) is 4. The molecule has 1 saturated heterocycles. The summed E-state index contributed by atoms with van der Waals surface area (Å²) >= 11 is 0. The van der Waals surface area contributed by atoms with Crippen LogP contribution in [0.1, 0.15) is 28.0 Å². The van der Waals surface area contributed by atoms with Crippen LogP contribution in [0.5, 0.6) is 5.75 Å². The molecule has 1 aliphatic rings. The van der Waals surface area contributed by atoms with Gasteiger partial charge in [-0.1, -0.05) is 30.3 Å². The molecular formula is C24H27N3O2. The molecule has 1 aliphatic heterocycles. The molecule has 4 rings (SSSR count). The van der Waals surface area contributed by atoms with Gasteiger partial charge in [0.1, 0.15) is 5.75 Å². The fourth-order valence-corrected chi connectivity index (χ4v) is 3.98. The molecule has 2 heterocycles. The lowest BCUT2D eigenvalue weighted by molar-refractivity contribution is 0.0763. The summed E-state index contributed by atoms with van der Waals surface area (Å²) < 4.78 is 5.24. The topological polar surface area (TPSA) is 45.7 Å². The van der Waals surface area contributed by atoms with Gasteiger partial charge < -0.3 is 9.64 Å². The Morgan fingerprint density at radius 1 is 1.03 bits per heavy atom. The molecule has 0 unspecified atom stereocenters. The summed E-state index contributed by atoms with van der Waals surface area (Å²) in [7, 11) is 1.68. The fraction of sp³-hybridized carbons (Fsp3) is 0.333. The Morgan fingerprint density at radius 3 is 2.62 bits per heavy atom. The molecule has 2 aromatic carbocycles. The monoisotopic (exact) mass is 389 g/mol. The van der Waals surface area contributed by atoms with E-state index in [0.717, 1.165) is 67.1 Å². The summed E-state index contributed by atoms with van der Waals surface area (Å²) in [6.07, 6.45) is 0.976. The van der Waals surface area contributed by atoms with E-state index in [1.54, 1.807) is 7.11 Å². The Kier molecular flexibility index (Phi) is 5.76. The third-order valence-electron chi connectivity index (χ3n) is 5.52. The highest BCUT2D eigenvalue weighted by atomic mass is 16.5. The van der Waals surface area contributed by atoms with Gasteiger partial charge in [0, 0.05) is 43.8 Å². The quantitative estimate of drug-likeness (QED) is 0.679. The first-order valence-corrected chi connectivity index (χ1v) is 10.1. The van der Waals surface area contributed by atoms with E-state index in [1.807, 2.05) is 54.3 Å². The van der Waals surface area contributed by atoms with Gasteiger partial charge in [-0.3, -0.25) is 14.7 Å². The molecule has 0 saturated carbocycles. The zero-order chi connectivity index (χ0) is 20.2. The molecule has 1 amide bonds. The maximum Gasteiger partial charge on any atom is 0.254 e. The smallest absolute Gasteiger partial charge is 0.254 e. The van der Waals surface area contributed by atoms with Crippen molar-refractivity contribution in [2.75, 3.05) is 33.3 Å². The van der Waals surface area contributed by atoms with E-state index in [-0.39, 0.29) is 5.91 Å². The Hall–Kier alpha value is -2.92. The minimum absolute atomic E-state index is 0.109. The van der Waals surface area contributed by atoms with Crippen LogP contribution in [0.3, 0.4) is 0 Å². The number of aryl methyl sites for hydroxylation is 1. The normalized spacial score (nSPS) is 15.3. The number of nitrogens with zero attached hydrogens (tertiary/aromatic N) is 3. The lowest BCUT2D eigenvalue weighted by Crippen LogP contribution is -2.35. The van der Waals surface area contributed by atoms with E-state index in [1.165, 1.54) is 5.56 Å². The molecule has 3 aromatic rings. The number of carbonyl (C=O) groups is 1. The summed E-state index contributed by atoms with van der Waals surface area (Å²) in [5.41, 5.74) is 3.79. The predicted molar refractivity (Wildman–Crippen MR) is 115 cm³/mol. The highest BCUT2D eigenvalue weighted by molar-refractivity contribution is 6.06. The van der Waals surface area contributed by atoms with Crippen LogP contribution in [0.2, 0.25) is 0 Å². The Morgan fingerprint density at radius 2 is 1.83 bits per heavy atom. The number of hydrogen-bond donors (Lipinski definition) is 0. The lowest BCUT2D eigenvalue weighted by Gasteiger charge is -2.23. The van der Waals surface area contributed by atoms with Crippen LogP contribution in [-0.4, -0.2) is 54.0 Å². The van der Waals surface area contributed by atoms with Crippen LogP contribution >= 0.6 is 0 Å². The van der Waals surface area contributed by atoms with E-state index in [0.29, 0.717) is 0 Å². The summed E-state index contributed by atoms with van der Waals surface area (Å²) in [4.78, 5) is 22.3. The highest BCUT2D eigenvalue weighted by Crippen LogP contribution is 2.21. The van der Waals surface area contributed by atoms with Gasteiger partial charge in [0.25, 0.3) is 5.91 Å². The second-order valence-electron chi connectivity index (χ2n) is 7.60. The van der Waals surface area contributed by atoms with Crippen LogP contribution in [0.25, 0.3) is 10.9 Å². The van der Waals surface area contributed by atoms with Gasteiger partial charge in [0.2, 0.25) is 0 Å². The van der Waals surface area contributed by atoms with Gasteiger partial charge >= 0.3 is 0 Å². The standard InChI is InChI=1S/C24H27N3O2/c1-18-16-22(21-6-3-4-7-23(21)25-18)24(28)27-13-5-12-26(14-15-27)17-19-8-10-20(29-2)11-9-19/h3-4,6-11,16H,5,12-15,17H2,1-2H3. The number of pyridine rings is 1. The maximum atomic E-state index is 13.3. The van der Waals surface area contributed by atoms with Crippen LogP contribution in [0.4, 0.5) is 0 Å². The number of aromatic nitrogens is 1. The molecule has 29 heavy (non-hydrogen) atoms. The van der Waals surface area contributed by atoms with E-state index >= 15 is 0 Å². The van der Waals surface area contributed by atoms with Gasteiger partial charge in [0.05, 0.1) is 18.2 Å². The van der Waals surface area contributed by atoms with E-state index in [9.17, 15) is 4.79 Å². The number of fused-ring (bicyclic) bond motifs is 1. The van der Waals surface area contributed by atoms with Crippen molar-refractivity contribution in [2.24, 2.45) is 0 Å². The summed E-state index contributed by atoms with van der Waals surface area (Å²) in [5, 5.41) is 0.933. The first-order valence-electron chi connectivity index (χ1n) is 10.1. The van der Waals surface area contributed by atoms with Gasteiger partial charge in [-0.05, 0) is 43.2 Å². The zero-order valence-corrected chi connectivity index (χ0v) is 17.1. The van der Waals surface area contributed by atoms with Crippen molar-refractivity contribution in [1.29, 1.82) is 0 Å². The fourth-order valence-electron chi connectivity index (χ4n) is 3.98. The van der Waals surface area contributed by atoms with E-state index in [4.69, 9.17) is 4.74 Å². The molecule has 0 N–H and O–H groups in total. The Bertz CT molecular complexity index is 1000. The van der Waals surface area contributed by atoms with Crippen molar-refractivity contribution >= 4 is 16.8 Å². The molecule has 150 valence electrons. The van der Waals surface area contributed by atoms with Crippen molar-refractivity contribution < 1.29 is 9.53 Å². The molecule has 0 radical (unpaired) electrons. The van der Waals surface area contributed by atoms with E-state index in [2.05, 4.69) is 22.0 Å². The number of carbonyl (C=O) groups excluding carboxylic acids is 1. The number of methoxy groups -OCH3 is 1. The van der Waals surface area contributed by atoms with Gasteiger partial charge in [0.15, 0.2) is 0 Å². The molecule has 0 spiro atoms. The summed E-state index contributed by atoms with van der Waals surface area (Å²) in [5.74, 6) is 0.985. The molecule has 0 bridgehead atoms. The van der Waals surface area contributed by atoms with Crippen molar-refractivity contribution in [3.8, 4) is 5.75 Å². The van der Waals surface area contributed by atoms with Crippen molar-refractivity contribution in [3.63, 3.8) is 0 Å². The second-order valence-corrected chi connectivity index (χ2v) is 7.60. The van der Waals surface area contributed by atoms with Crippen molar-refractivity contribution in [1.82, 2.24) is 14.8 Å². The van der Waals surface area contributed by atoms with Gasteiger partial charge in [-0.2, -0.15) is 0 Å². The number of ether oxygens (including phenoxy) is 1. The second kappa shape index (κ2) is 8.62. The molecule has 1 fully saturated rings. The zero-order valence-electron chi connectivity index (χ0n) is 17.1. The molecule has 0 aliphatic carbocycles. The van der Waals surface area contributed by atoms with Crippen LogP contribution in [0.15, 0.2) is 54.6 Å². The predicted octanol–water partition coefficient (Wildman–Crippen LogP) is 3.90. The first-order chi connectivity index (χ1) is 14.1. The number of para-hydroxylation sites is 1. The molecule has 1 aromatic heterocycles. The summed E-state index contributed by atoms with van der Waals surface area (Å²) in [6, 6.07) is 18.0. The van der Waals surface area contributed by atoms with Crippen LogP contribution in [-0.2, 0) is 6.54 Å². The lowest BCUT2D eigenvalue weighted by atomic mass is 10.1. The molecule has 5 nitrogen and oxygen atoms in total.